The number of aliphatic hydroxyl groups is 1. The van der Waals surface area contributed by atoms with Crippen molar-refractivity contribution in [3.05, 3.63) is 35.6 Å². The minimum atomic E-state index is -0.880. The highest BCUT2D eigenvalue weighted by atomic mass is 19.1. The second kappa shape index (κ2) is 6.45. The molecule has 0 atom stereocenters. The van der Waals surface area contributed by atoms with E-state index in [1.165, 1.54) is 12.1 Å². The highest BCUT2D eigenvalue weighted by molar-refractivity contribution is 5.74. The SMILES string of the molecule is O=C(NCC1(O)CCOCC1)NCC1(c2cccc(F)c2)CC1. The summed E-state index contributed by atoms with van der Waals surface area (Å²) in [6.07, 6.45) is 2.94. The fraction of sp³-hybridized carbons (Fsp3) is 0.588. The van der Waals surface area contributed by atoms with Crippen molar-refractivity contribution in [2.75, 3.05) is 26.3 Å². The molecule has 1 aromatic rings. The van der Waals surface area contributed by atoms with Gasteiger partial charge in [-0.1, -0.05) is 12.1 Å². The molecule has 1 aliphatic carbocycles. The van der Waals surface area contributed by atoms with Gasteiger partial charge < -0.3 is 20.5 Å². The Bertz CT molecular complexity index is 569. The van der Waals surface area contributed by atoms with Gasteiger partial charge in [0.1, 0.15) is 5.82 Å². The Hall–Kier alpha value is -1.66. The molecule has 0 radical (unpaired) electrons. The number of ether oxygens (including phenoxy) is 1. The van der Waals surface area contributed by atoms with Gasteiger partial charge in [-0.25, -0.2) is 9.18 Å². The van der Waals surface area contributed by atoms with Gasteiger partial charge in [-0.3, -0.25) is 0 Å². The van der Waals surface area contributed by atoms with Gasteiger partial charge in [0, 0.05) is 44.6 Å². The molecule has 1 saturated carbocycles. The molecule has 2 aliphatic rings. The van der Waals surface area contributed by atoms with E-state index < -0.39 is 5.60 Å². The Morgan fingerprint density at radius 1 is 1.17 bits per heavy atom. The summed E-state index contributed by atoms with van der Waals surface area (Å²) in [5.41, 5.74) is -0.0920. The third kappa shape index (κ3) is 4.00. The van der Waals surface area contributed by atoms with Crippen molar-refractivity contribution < 1.29 is 19.0 Å². The first-order valence-electron chi connectivity index (χ1n) is 8.09. The number of nitrogens with one attached hydrogen (secondary N) is 2. The smallest absolute Gasteiger partial charge is 0.314 e. The summed E-state index contributed by atoms with van der Waals surface area (Å²) in [5.74, 6) is -0.250. The molecule has 2 amide bonds. The lowest BCUT2D eigenvalue weighted by molar-refractivity contribution is -0.0600. The van der Waals surface area contributed by atoms with E-state index in [2.05, 4.69) is 10.6 Å². The van der Waals surface area contributed by atoms with Crippen LogP contribution in [0.15, 0.2) is 24.3 Å². The van der Waals surface area contributed by atoms with E-state index in [-0.39, 0.29) is 23.8 Å². The number of carbonyl (C=O) groups excluding carboxylic acids is 1. The van der Waals surface area contributed by atoms with E-state index in [9.17, 15) is 14.3 Å². The zero-order valence-corrected chi connectivity index (χ0v) is 13.1. The summed E-state index contributed by atoms with van der Waals surface area (Å²) in [6.45, 7) is 1.73. The van der Waals surface area contributed by atoms with Crippen molar-refractivity contribution in [3.8, 4) is 0 Å². The van der Waals surface area contributed by atoms with E-state index >= 15 is 0 Å². The normalized spacial score (nSPS) is 21.5. The minimum absolute atomic E-state index is 0.144. The maximum absolute atomic E-state index is 13.4. The molecule has 1 heterocycles. The first-order chi connectivity index (χ1) is 11.0. The Morgan fingerprint density at radius 2 is 1.87 bits per heavy atom. The van der Waals surface area contributed by atoms with Crippen LogP contribution < -0.4 is 10.6 Å². The molecule has 126 valence electrons. The van der Waals surface area contributed by atoms with Crippen molar-refractivity contribution in [1.82, 2.24) is 10.6 Å². The topological polar surface area (TPSA) is 70.6 Å². The number of halogens is 1. The highest BCUT2D eigenvalue weighted by Crippen LogP contribution is 2.47. The summed E-state index contributed by atoms with van der Waals surface area (Å²) in [6, 6.07) is 6.27. The van der Waals surface area contributed by atoms with Gasteiger partial charge in [-0.05, 0) is 30.5 Å². The van der Waals surface area contributed by atoms with Gasteiger partial charge in [0.05, 0.1) is 5.60 Å². The molecule has 1 saturated heterocycles. The van der Waals surface area contributed by atoms with Crippen LogP contribution in [0.1, 0.15) is 31.2 Å². The second-order valence-corrected chi connectivity index (χ2v) is 6.66. The second-order valence-electron chi connectivity index (χ2n) is 6.66. The summed E-state index contributed by atoms with van der Waals surface area (Å²) in [5, 5.41) is 15.9. The molecule has 1 aromatic carbocycles. The van der Waals surface area contributed by atoms with Crippen molar-refractivity contribution >= 4 is 6.03 Å². The molecule has 2 fully saturated rings. The van der Waals surface area contributed by atoms with Crippen LogP contribution in [0.2, 0.25) is 0 Å². The van der Waals surface area contributed by atoms with E-state index in [0.29, 0.717) is 32.6 Å². The summed E-state index contributed by atoms with van der Waals surface area (Å²) < 4.78 is 18.6. The fourth-order valence-corrected chi connectivity index (χ4v) is 3.02. The predicted octanol–water partition coefficient (Wildman–Crippen LogP) is 1.70. The molecule has 3 N–H and O–H groups in total. The molecule has 0 unspecified atom stereocenters. The van der Waals surface area contributed by atoms with Crippen molar-refractivity contribution in [2.24, 2.45) is 0 Å². The van der Waals surface area contributed by atoms with E-state index in [1.54, 1.807) is 6.07 Å². The van der Waals surface area contributed by atoms with Crippen LogP contribution in [0, 0.1) is 5.82 Å². The molecule has 6 heteroatoms. The Balaban J connectivity index is 1.47. The summed E-state index contributed by atoms with van der Waals surface area (Å²) in [4.78, 5) is 12.0. The average Bonchev–Trinajstić information content (AvgIpc) is 3.33. The Morgan fingerprint density at radius 3 is 2.52 bits per heavy atom. The van der Waals surface area contributed by atoms with Crippen LogP contribution in [0.25, 0.3) is 0 Å². The lowest BCUT2D eigenvalue weighted by Gasteiger charge is -2.32. The van der Waals surface area contributed by atoms with Gasteiger partial charge in [-0.2, -0.15) is 0 Å². The van der Waals surface area contributed by atoms with Gasteiger partial charge in [0.15, 0.2) is 0 Å². The molecule has 0 spiro atoms. The number of hydrogen-bond acceptors (Lipinski definition) is 3. The number of benzene rings is 1. The van der Waals surface area contributed by atoms with Gasteiger partial charge in [0.2, 0.25) is 0 Å². The highest BCUT2D eigenvalue weighted by Gasteiger charge is 2.44. The zero-order valence-electron chi connectivity index (χ0n) is 13.1. The van der Waals surface area contributed by atoms with Gasteiger partial charge >= 0.3 is 6.03 Å². The van der Waals surface area contributed by atoms with Crippen molar-refractivity contribution in [2.45, 2.75) is 36.7 Å². The molecule has 0 bridgehead atoms. The number of urea groups is 1. The third-order valence-electron chi connectivity index (χ3n) is 4.88. The van der Waals surface area contributed by atoms with Crippen LogP contribution >= 0.6 is 0 Å². The van der Waals surface area contributed by atoms with Crippen LogP contribution in [0.3, 0.4) is 0 Å². The number of carbonyl (C=O) groups is 1. The predicted molar refractivity (Wildman–Crippen MR) is 83.7 cm³/mol. The van der Waals surface area contributed by atoms with E-state index in [0.717, 1.165) is 18.4 Å². The fourth-order valence-electron chi connectivity index (χ4n) is 3.02. The molecule has 5 nitrogen and oxygen atoms in total. The standard InChI is InChI=1S/C17H23FN2O3/c18-14-3-1-2-13(10-14)16(4-5-16)11-19-15(21)20-12-17(22)6-8-23-9-7-17/h1-3,10,22H,4-9,11-12H2,(H2,19,20,21). The van der Waals surface area contributed by atoms with E-state index in [4.69, 9.17) is 4.74 Å². The van der Waals surface area contributed by atoms with Crippen LogP contribution in [0.5, 0.6) is 0 Å². The lowest BCUT2D eigenvalue weighted by atomic mass is 9.94. The first kappa shape index (κ1) is 16.2. The quantitative estimate of drug-likeness (QED) is 0.773. The lowest BCUT2D eigenvalue weighted by Crippen LogP contribution is -2.49. The average molecular weight is 322 g/mol. The van der Waals surface area contributed by atoms with Gasteiger partial charge in [0.25, 0.3) is 0 Å². The summed E-state index contributed by atoms with van der Waals surface area (Å²) >= 11 is 0. The van der Waals surface area contributed by atoms with Crippen LogP contribution in [-0.2, 0) is 10.2 Å². The zero-order chi connectivity index (χ0) is 16.3. The molecule has 1 aliphatic heterocycles. The third-order valence-corrected chi connectivity index (χ3v) is 4.88. The number of amides is 2. The molecular formula is C17H23FN2O3. The number of hydrogen-bond donors (Lipinski definition) is 3. The van der Waals surface area contributed by atoms with E-state index in [1.807, 2.05) is 6.07 Å². The van der Waals surface area contributed by atoms with Gasteiger partial charge in [-0.15, -0.1) is 0 Å². The first-order valence-corrected chi connectivity index (χ1v) is 8.09. The molecule has 23 heavy (non-hydrogen) atoms. The maximum atomic E-state index is 13.4. The summed E-state index contributed by atoms with van der Waals surface area (Å²) in [7, 11) is 0. The van der Waals surface area contributed by atoms with Crippen molar-refractivity contribution in [1.29, 1.82) is 0 Å². The minimum Gasteiger partial charge on any atom is -0.388 e. The maximum Gasteiger partial charge on any atom is 0.314 e. The molecular weight excluding hydrogens is 299 g/mol. The Labute approximate surface area is 135 Å². The molecule has 0 aromatic heterocycles. The largest absolute Gasteiger partial charge is 0.388 e. The van der Waals surface area contributed by atoms with Crippen LogP contribution in [0.4, 0.5) is 9.18 Å². The Kier molecular flexibility index (Phi) is 4.55. The van der Waals surface area contributed by atoms with Crippen molar-refractivity contribution in [3.63, 3.8) is 0 Å². The van der Waals surface area contributed by atoms with Crippen LogP contribution in [-0.4, -0.2) is 43.0 Å². The molecule has 3 rings (SSSR count). The monoisotopic (exact) mass is 322 g/mol. The number of rotatable bonds is 5.